The number of nitrogens with zero attached hydrogens (tertiary/aromatic N) is 1. The Balaban J connectivity index is 2.51. The SMILES string of the molecule is CC[C@H](Cl)c1ccc2ccccc2n1. The first-order chi connectivity index (χ1) is 6.81. The van der Waals surface area contributed by atoms with Gasteiger partial charge < -0.3 is 0 Å². The quantitative estimate of drug-likeness (QED) is 0.678. The van der Waals surface area contributed by atoms with Crippen molar-refractivity contribution in [3.63, 3.8) is 0 Å². The third kappa shape index (κ3) is 1.73. The summed E-state index contributed by atoms with van der Waals surface area (Å²) in [6.07, 6.45) is 0.910. The van der Waals surface area contributed by atoms with E-state index in [2.05, 4.69) is 24.0 Å². The topological polar surface area (TPSA) is 12.9 Å². The number of rotatable bonds is 2. The smallest absolute Gasteiger partial charge is 0.0755 e. The summed E-state index contributed by atoms with van der Waals surface area (Å²) in [7, 11) is 0. The number of alkyl halides is 1. The molecule has 1 heterocycles. The van der Waals surface area contributed by atoms with Gasteiger partial charge in [0.25, 0.3) is 0 Å². The molecule has 0 unspecified atom stereocenters. The van der Waals surface area contributed by atoms with Crippen LogP contribution in [-0.4, -0.2) is 4.98 Å². The van der Waals surface area contributed by atoms with Gasteiger partial charge in [-0.2, -0.15) is 0 Å². The van der Waals surface area contributed by atoms with E-state index in [-0.39, 0.29) is 5.38 Å². The second kappa shape index (κ2) is 3.97. The summed E-state index contributed by atoms with van der Waals surface area (Å²) in [5, 5.41) is 1.19. The first-order valence-corrected chi connectivity index (χ1v) is 5.24. The van der Waals surface area contributed by atoms with Crippen molar-refractivity contribution in [3.05, 3.63) is 42.1 Å². The van der Waals surface area contributed by atoms with Gasteiger partial charge in [0.2, 0.25) is 0 Å². The van der Waals surface area contributed by atoms with E-state index >= 15 is 0 Å². The van der Waals surface area contributed by atoms with Gasteiger partial charge in [0, 0.05) is 5.39 Å². The van der Waals surface area contributed by atoms with Gasteiger partial charge in [0.05, 0.1) is 16.6 Å². The Morgan fingerprint density at radius 1 is 1.21 bits per heavy atom. The van der Waals surface area contributed by atoms with Crippen LogP contribution in [-0.2, 0) is 0 Å². The van der Waals surface area contributed by atoms with Crippen LogP contribution >= 0.6 is 11.6 Å². The lowest BCUT2D eigenvalue weighted by Crippen LogP contribution is -1.92. The molecule has 1 atom stereocenters. The number of benzene rings is 1. The summed E-state index contributed by atoms with van der Waals surface area (Å²) in [6, 6.07) is 12.2. The maximum absolute atomic E-state index is 6.13. The van der Waals surface area contributed by atoms with E-state index in [1.54, 1.807) is 0 Å². The van der Waals surface area contributed by atoms with E-state index in [4.69, 9.17) is 11.6 Å². The molecule has 2 heteroatoms. The zero-order valence-corrected chi connectivity index (χ0v) is 8.83. The molecule has 0 radical (unpaired) electrons. The summed E-state index contributed by atoms with van der Waals surface area (Å²) in [5.74, 6) is 0. The van der Waals surface area contributed by atoms with E-state index in [1.165, 1.54) is 0 Å². The average molecular weight is 206 g/mol. The minimum Gasteiger partial charge on any atom is -0.251 e. The molecule has 0 bridgehead atoms. The molecular weight excluding hydrogens is 194 g/mol. The Morgan fingerprint density at radius 3 is 2.79 bits per heavy atom. The largest absolute Gasteiger partial charge is 0.251 e. The molecule has 0 saturated carbocycles. The molecule has 2 rings (SSSR count). The van der Waals surface area contributed by atoms with Gasteiger partial charge in [-0.1, -0.05) is 31.2 Å². The number of fused-ring (bicyclic) bond motifs is 1. The van der Waals surface area contributed by atoms with Gasteiger partial charge in [0.15, 0.2) is 0 Å². The van der Waals surface area contributed by atoms with Gasteiger partial charge in [-0.05, 0) is 18.6 Å². The maximum atomic E-state index is 6.13. The van der Waals surface area contributed by atoms with E-state index in [0.717, 1.165) is 23.0 Å². The van der Waals surface area contributed by atoms with Crippen molar-refractivity contribution in [1.82, 2.24) is 4.98 Å². The molecule has 0 aliphatic rings. The molecule has 72 valence electrons. The van der Waals surface area contributed by atoms with E-state index in [0.29, 0.717) is 0 Å². The fraction of sp³-hybridized carbons (Fsp3) is 0.250. The van der Waals surface area contributed by atoms with Crippen molar-refractivity contribution >= 4 is 22.5 Å². The normalized spacial score (nSPS) is 13.0. The van der Waals surface area contributed by atoms with Gasteiger partial charge in [-0.15, -0.1) is 11.6 Å². The molecule has 0 amide bonds. The molecule has 14 heavy (non-hydrogen) atoms. The molecular formula is C12H12ClN. The Labute approximate surface area is 88.7 Å². The molecule has 1 aromatic heterocycles. The first-order valence-electron chi connectivity index (χ1n) is 4.81. The van der Waals surface area contributed by atoms with Crippen LogP contribution in [0.15, 0.2) is 36.4 Å². The van der Waals surface area contributed by atoms with Gasteiger partial charge in [0.1, 0.15) is 0 Å². The van der Waals surface area contributed by atoms with Crippen molar-refractivity contribution < 1.29 is 0 Å². The Morgan fingerprint density at radius 2 is 2.00 bits per heavy atom. The van der Waals surface area contributed by atoms with E-state index < -0.39 is 0 Å². The summed E-state index contributed by atoms with van der Waals surface area (Å²) < 4.78 is 0. The monoisotopic (exact) mass is 205 g/mol. The highest BCUT2D eigenvalue weighted by molar-refractivity contribution is 6.20. The standard InChI is InChI=1S/C12H12ClN/c1-2-10(13)12-8-7-9-5-3-4-6-11(9)14-12/h3-8,10H,2H2,1H3/t10-/m0/s1. The lowest BCUT2D eigenvalue weighted by atomic mass is 10.1. The lowest BCUT2D eigenvalue weighted by Gasteiger charge is -2.06. The number of hydrogen-bond acceptors (Lipinski definition) is 1. The van der Waals surface area contributed by atoms with Crippen molar-refractivity contribution in [2.75, 3.05) is 0 Å². The van der Waals surface area contributed by atoms with Crippen LogP contribution in [0.1, 0.15) is 24.4 Å². The number of pyridine rings is 1. The fourth-order valence-corrected chi connectivity index (χ4v) is 1.59. The molecule has 0 fully saturated rings. The predicted octanol–water partition coefficient (Wildman–Crippen LogP) is 3.92. The minimum atomic E-state index is 0.0274. The maximum Gasteiger partial charge on any atom is 0.0755 e. The van der Waals surface area contributed by atoms with Crippen LogP contribution in [0.2, 0.25) is 0 Å². The Bertz CT molecular complexity index is 439. The van der Waals surface area contributed by atoms with Crippen molar-refractivity contribution in [2.24, 2.45) is 0 Å². The molecule has 0 N–H and O–H groups in total. The van der Waals surface area contributed by atoms with Gasteiger partial charge >= 0.3 is 0 Å². The van der Waals surface area contributed by atoms with Gasteiger partial charge in [-0.25, -0.2) is 0 Å². The number of para-hydroxylation sites is 1. The molecule has 0 spiro atoms. The number of aromatic nitrogens is 1. The molecule has 1 aromatic carbocycles. The second-order valence-electron chi connectivity index (χ2n) is 3.30. The summed E-state index contributed by atoms with van der Waals surface area (Å²) in [4.78, 5) is 4.51. The van der Waals surface area contributed by atoms with Crippen LogP contribution < -0.4 is 0 Å². The van der Waals surface area contributed by atoms with Crippen LogP contribution in [0.25, 0.3) is 10.9 Å². The third-order valence-electron chi connectivity index (χ3n) is 2.30. The minimum absolute atomic E-state index is 0.0274. The van der Waals surface area contributed by atoms with Gasteiger partial charge in [-0.3, -0.25) is 4.98 Å². The third-order valence-corrected chi connectivity index (χ3v) is 2.83. The highest BCUT2D eigenvalue weighted by atomic mass is 35.5. The molecule has 2 aromatic rings. The first kappa shape index (κ1) is 9.47. The fourth-order valence-electron chi connectivity index (χ4n) is 1.47. The predicted molar refractivity (Wildman–Crippen MR) is 60.6 cm³/mol. The van der Waals surface area contributed by atoms with Crippen LogP contribution in [0, 0.1) is 0 Å². The molecule has 0 saturated heterocycles. The number of hydrogen-bond donors (Lipinski definition) is 0. The highest BCUT2D eigenvalue weighted by Gasteiger charge is 2.06. The van der Waals surface area contributed by atoms with E-state index in [1.807, 2.05) is 24.3 Å². The summed E-state index contributed by atoms with van der Waals surface area (Å²) in [5.41, 5.74) is 1.98. The Kier molecular flexibility index (Phi) is 2.69. The Hall–Kier alpha value is -1.08. The van der Waals surface area contributed by atoms with Crippen LogP contribution in [0.5, 0.6) is 0 Å². The average Bonchev–Trinajstić information content (AvgIpc) is 2.27. The lowest BCUT2D eigenvalue weighted by molar-refractivity contribution is 0.854. The molecule has 1 nitrogen and oxygen atoms in total. The second-order valence-corrected chi connectivity index (χ2v) is 3.83. The molecule has 0 aliphatic heterocycles. The van der Waals surface area contributed by atoms with Crippen molar-refractivity contribution in [1.29, 1.82) is 0 Å². The van der Waals surface area contributed by atoms with Crippen molar-refractivity contribution in [2.45, 2.75) is 18.7 Å². The zero-order valence-electron chi connectivity index (χ0n) is 8.07. The van der Waals surface area contributed by atoms with E-state index in [9.17, 15) is 0 Å². The van der Waals surface area contributed by atoms with Crippen molar-refractivity contribution in [3.8, 4) is 0 Å². The summed E-state index contributed by atoms with van der Waals surface area (Å²) in [6.45, 7) is 2.06. The highest BCUT2D eigenvalue weighted by Crippen LogP contribution is 2.23. The molecule has 0 aliphatic carbocycles. The number of halogens is 1. The van der Waals surface area contributed by atoms with Crippen LogP contribution in [0.3, 0.4) is 0 Å². The van der Waals surface area contributed by atoms with Crippen LogP contribution in [0.4, 0.5) is 0 Å². The zero-order chi connectivity index (χ0) is 9.97. The summed E-state index contributed by atoms with van der Waals surface area (Å²) >= 11 is 6.13.